The van der Waals surface area contributed by atoms with E-state index in [0.717, 1.165) is 0 Å². The number of hydrogen-bond acceptors (Lipinski definition) is 4. The van der Waals surface area contributed by atoms with Gasteiger partial charge in [0.2, 0.25) is 10.0 Å². The standard InChI is InChI=1S/C7H12N4O2S/c1-4-7(3-9-10-4)14(12,13)11-6-2-5(6)8/h3,5-6,11H,2,8H2,1H3,(H,9,10). The highest BCUT2D eigenvalue weighted by Crippen LogP contribution is 2.21. The van der Waals surface area contributed by atoms with Gasteiger partial charge in [0.15, 0.2) is 0 Å². The first kappa shape index (κ1) is 9.63. The Morgan fingerprint density at radius 2 is 2.36 bits per heavy atom. The highest BCUT2D eigenvalue weighted by atomic mass is 32.2. The Morgan fingerprint density at radius 1 is 1.71 bits per heavy atom. The van der Waals surface area contributed by atoms with Gasteiger partial charge < -0.3 is 5.73 Å². The SMILES string of the molecule is Cc1[nH]ncc1S(=O)(=O)NC1CC1N. The average molecular weight is 216 g/mol. The van der Waals surface area contributed by atoms with E-state index in [-0.39, 0.29) is 17.0 Å². The third-order valence-corrected chi connectivity index (χ3v) is 3.82. The zero-order valence-electron chi connectivity index (χ0n) is 7.69. The molecule has 2 unspecified atom stereocenters. The highest BCUT2D eigenvalue weighted by molar-refractivity contribution is 7.89. The molecule has 0 aliphatic heterocycles. The van der Waals surface area contributed by atoms with Crippen molar-refractivity contribution >= 4 is 10.0 Å². The van der Waals surface area contributed by atoms with E-state index in [1.54, 1.807) is 6.92 Å². The molecule has 1 aromatic rings. The number of aromatic nitrogens is 2. The molecule has 0 amide bonds. The summed E-state index contributed by atoms with van der Waals surface area (Å²) in [5.41, 5.74) is 6.05. The fourth-order valence-corrected chi connectivity index (χ4v) is 2.66. The van der Waals surface area contributed by atoms with Crippen LogP contribution in [0.2, 0.25) is 0 Å². The molecule has 1 fully saturated rings. The van der Waals surface area contributed by atoms with E-state index < -0.39 is 10.0 Å². The maximum Gasteiger partial charge on any atom is 0.244 e. The molecule has 78 valence electrons. The Morgan fingerprint density at radius 3 is 2.79 bits per heavy atom. The normalized spacial score (nSPS) is 26.4. The Labute approximate surface area is 81.9 Å². The second kappa shape index (κ2) is 3.04. The van der Waals surface area contributed by atoms with Crippen molar-refractivity contribution in [3.05, 3.63) is 11.9 Å². The van der Waals surface area contributed by atoms with Crippen LogP contribution < -0.4 is 10.5 Å². The zero-order valence-corrected chi connectivity index (χ0v) is 8.50. The monoisotopic (exact) mass is 216 g/mol. The summed E-state index contributed by atoms with van der Waals surface area (Å²) in [6.45, 7) is 1.66. The molecule has 2 rings (SSSR count). The first-order valence-corrected chi connectivity index (χ1v) is 5.77. The third kappa shape index (κ3) is 1.66. The van der Waals surface area contributed by atoms with Crippen molar-refractivity contribution in [2.75, 3.05) is 0 Å². The molecule has 0 radical (unpaired) electrons. The second-order valence-corrected chi connectivity index (χ2v) is 5.17. The van der Waals surface area contributed by atoms with Crippen LogP contribution in [-0.4, -0.2) is 30.7 Å². The maximum absolute atomic E-state index is 11.7. The van der Waals surface area contributed by atoms with Crippen LogP contribution in [0.4, 0.5) is 0 Å². The van der Waals surface area contributed by atoms with E-state index in [1.165, 1.54) is 6.20 Å². The zero-order chi connectivity index (χ0) is 10.3. The Kier molecular flexibility index (Phi) is 2.09. The molecule has 1 aliphatic carbocycles. The number of rotatable bonds is 3. The van der Waals surface area contributed by atoms with E-state index in [4.69, 9.17) is 5.73 Å². The van der Waals surface area contributed by atoms with Gasteiger partial charge in [-0.3, -0.25) is 5.10 Å². The molecular formula is C7H12N4O2S. The van der Waals surface area contributed by atoms with Crippen LogP contribution in [0.5, 0.6) is 0 Å². The molecule has 1 aliphatic rings. The fraction of sp³-hybridized carbons (Fsp3) is 0.571. The first-order valence-electron chi connectivity index (χ1n) is 4.28. The van der Waals surface area contributed by atoms with E-state index in [0.29, 0.717) is 12.1 Å². The van der Waals surface area contributed by atoms with Crippen molar-refractivity contribution in [2.24, 2.45) is 5.73 Å². The number of nitrogens with zero attached hydrogens (tertiary/aromatic N) is 1. The maximum atomic E-state index is 11.7. The van der Waals surface area contributed by atoms with Crippen LogP contribution >= 0.6 is 0 Å². The Bertz CT molecular complexity index is 438. The molecule has 0 aromatic carbocycles. The lowest BCUT2D eigenvalue weighted by Gasteiger charge is -2.03. The summed E-state index contributed by atoms with van der Waals surface area (Å²) in [6.07, 6.45) is 2.00. The predicted molar refractivity (Wildman–Crippen MR) is 50.0 cm³/mol. The molecule has 6 nitrogen and oxygen atoms in total. The van der Waals surface area contributed by atoms with E-state index in [1.807, 2.05) is 0 Å². The summed E-state index contributed by atoms with van der Waals surface area (Å²) in [4.78, 5) is 0.191. The lowest BCUT2D eigenvalue weighted by molar-refractivity contribution is 0.579. The topological polar surface area (TPSA) is 101 Å². The van der Waals surface area contributed by atoms with E-state index >= 15 is 0 Å². The average Bonchev–Trinajstić information content (AvgIpc) is 2.62. The van der Waals surface area contributed by atoms with E-state index in [2.05, 4.69) is 14.9 Å². The van der Waals surface area contributed by atoms with Crippen LogP contribution in [0, 0.1) is 6.92 Å². The van der Waals surface area contributed by atoms with Crippen LogP contribution in [0.25, 0.3) is 0 Å². The molecule has 0 spiro atoms. The predicted octanol–water partition coefficient (Wildman–Crippen LogP) is -0.904. The van der Waals surface area contributed by atoms with Gasteiger partial charge in [-0.1, -0.05) is 0 Å². The van der Waals surface area contributed by atoms with Gasteiger partial charge in [-0.15, -0.1) is 0 Å². The third-order valence-electron chi connectivity index (χ3n) is 2.22. The molecule has 4 N–H and O–H groups in total. The summed E-state index contributed by atoms with van der Waals surface area (Å²) in [5.74, 6) is 0. The van der Waals surface area contributed by atoms with Gasteiger partial charge >= 0.3 is 0 Å². The quantitative estimate of drug-likeness (QED) is 0.609. The van der Waals surface area contributed by atoms with Crippen LogP contribution in [-0.2, 0) is 10.0 Å². The highest BCUT2D eigenvalue weighted by Gasteiger charge is 2.37. The minimum absolute atomic E-state index is 0.0445. The lowest BCUT2D eigenvalue weighted by Crippen LogP contribution is -2.29. The molecular weight excluding hydrogens is 204 g/mol. The molecule has 1 saturated carbocycles. The largest absolute Gasteiger partial charge is 0.326 e. The summed E-state index contributed by atoms with van der Waals surface area (Å²) < 4.78 is 25.9. The molecule has 7 heteroatoms. The van der Waals surface area contributed by atoms with Crippen molar-refractivity contribution < 1.29 is 8.42 Å². The summed E-state index contributed by atoms with van der Waals surface area (Å²) in [5, 5.41) is 6.24. The molecule has 1 heterocycles. The van der Waals surface area contributed by atoms with Crippen LogP contribution in [0.15, 0.2) is 11.1 Å². The fourth-order valence-electron chi connectivity index (χ4n) is 1.22. The number of hydrogen-bond donors (Lipinski definition) is 3. The van der Waals surface area contributed by atoms with Gasteiger partial charge in [0.25, 0.3) is 0 Å². The van der Waals surface area contributed by atoms with Gasteiger partial charge in [0, 0.05) is 12.1 Å². The molecule has 0 saturated heterocycles. The number of nitrogens with two attached hydrogens (primary N) is 1. The summed E-state index contributed by atoms with van der Waals surface area (Å²) in [7, 11) is -3.44. The number of aromatic amines is 1. The van der Waals surface area contributed by atoms with Crippen molar-refractivity contribution in [3.8, 4) is 0 Å². The van der Waals surface area contributed by atoms with E-state index in [9.17, 15) is 8.42 Å². The first-order chi connectivity index (χ1) is 6.50. The van der Waals surface area contributed by atoms with Gasteiger partial charge in [-0.05, 0) is 13.3 Å². The van der Waals surface area contributed by atoms with Gasteiger partial charge in [0.05, 0.1) is 11.9 Å². The van der Waals surface area contributed by atoms with Crippen molar-refractivity contribution in [3.63, 3.8) is 0 Å². The molecule has 2 atom stereocenters. The van der Waals surface area contributed by atoms with Crippen LogP contribution in [0.3, 0.4) is 0 Å². The van der Waals surface area contributed by atoms with Crippen molar-refractivity contribution in [1.29, 1.82) is 0 Å². The van der Waals surface area contributed by atoms with Crippen LogP contribution in [0.1, 0.15) is 12.1 Å². The molecule has 0 bridgehead atoms. The summed E-state index contributed by atoms with van der Waals surface area (Å²) in [6, 6.07) is -0.161. The van der Waals surface area contributed by atoms with Crippen molar-refractivity contribution in [2.45, 2.75) is 30.3 Å². The lowest BCUT2D eigenvalue weighted by atomic mass is 10.5. The number of aryl methyl sites for hydroxylation is 1. The second-order valence-electron chi connectivity index (χ2n) is 3.49. The smallest absolute Gasteiger partial charge is 0.244 e. The minimum atomic E-state index is -3.44. The number of sulfonamides is 1. The molecule has 1 aromatic heterocycles. The van der Waals surface area contributed by atoms with Gasteiger partial charge in [-0.2, -0.15) is 5.10 Å². The number of H-pyrrole nitrogens is 1. The summed E-state index contributed by atoms with van der Waals surface area (Å²) >= 11 is 0. The van der Waals surface area contributed by atoms with Gasteiger partial charge in [-0.25, -0.2) is 13.1 Å². The van der Waals surface area contributed by atoms with Gasteiger partial charge in [0.1, 0.15) is 4.90 Å². The van der Waals surface area contributed by atoms with Crippen molar-refractivity contribution in [1.82, 2.24) is 14.9 Å². The minimum Gasteiger partial charge on any atom is -0.326 e. The Hall–Kier alpha value is -0.920. The number of nitrogens with one attached hydrogen (secondary N) is 2. The Balaban J connectivity index is 2.20. The molecule has 14 heavy (non-hydrogen) atoms.